The van der Waals surface area contributed by atoms with E-state index in [0.29, 0.717) is 36.0 Å². The van der Waals surface area contributed by atoms with Crippen LogP contribution in [0.15, 0.2) is 95.2 Å². The zero-order valence-corrected chi connectivity index (χ0v) is 18.5. The van der Waals surface area contributed by atoms with Gasteiger partial charge in [-0.05, 0) is 42.0 Å². The summed E-state index contributed by atoms with van der Waals surface area (Å²) in [5, 5.41) is 2.64. The Labute approximate surface area is 195 Å². The highest BCUT2D eigenvalue weighted by Crippen LogP contribution is 2.35. The number of amidine groups is 1. The number of allylic oxidation sites excluding steroid dienone is 4. The first-order valence-corrected chi connectivity index (χ1v) is 11.3. The van der Waals surface area contributed by atoms with E-state index in [2.05, 4.69) is 10.3 Å². The molecular weight excluding hydrogens is 441 g/mol. The summed E-state index contributed by atoms with van der Waals surface area (Å²) in [4.78, 5) is 30.2. The lowest BCUT2D eigenvalue weighted by Gasteiger charge is -2.17. The van der Waals surface area contributed by atoms with E-state index in [9.17, 15) is 14.0 Å². The number of hydrogen-bond acceptors (Lipinski definition) is 5. The first-order chi connectivity index (χ1) is 16.1. The van der Waals surface area contributed by atoms with Crippen LogP contribution in [0.3, 0.4) is 0 Å². The number of benzene rings is 2. The minimum atomic E-state index is -0.503. The highest BCUT2D eigenvalue weighted by Gasteiger charge is 2.39. The number of carbonyl (C=O) groups excluding carboxylic acids is 2. The lowest BCUT2D eigenvalue weighted by Crippen LogP contribution is -2.35. The predicted octanol–water partition coefficient (Wildman–Crippen LogP) is 4.35. The molecule has 33 heavy (non-hydrogen) atoms. The monoisotopic (exact) mass is 463 g/mol. The normalized spacial score (nSPS) is 19.2. The number of nitrogens with zero attached hydrogens (tertiary/aromatic N) is 2. The van der Waals surface area contributed by atoms with E-state index >= 15 is 0 Å². The van der Waals surface area contributed by atoms with Crippen molar-refractivity contribution in [3.05, 3.63) is 96.0 Å². The number of aliphatic imine (C=N–C) groups is 1. The maximum atomic E-state index is 13.7. The van der Waals surface area contributed by atoms with Crippen LogP contribution in [-0.2, 0) is 9.59 Å². The first kappa shape index (κ1) is 22.5. The summed E-state index contributed by atoms with van der Waals surface area (Å²) in [6.45, 7) is 0.587. The molecule has 1 fully saturated rings. The molecule has 1 aliphatic heterocycles. The number of rotatable bonds is 8. The van der Waals surface area contributed by atoms with Crippen molar-refractivity contribution in [3.63, 3.8) is 0 Å². The number of hydrogen-bond donors (Lipinski definition) is 1. The Morgan fingerprint density at radius 3 is 2.82 bits per heavy atom. The Kier molecular flexibility index (Phi) is 7.36. The van der Waals surface area contributed by atoms with Gasteiger partial charge >= 0.3 is 0 Å². The largest absolute Gasteiger partial charge is 0.492 e. The van der Waals surface area contributed by atoms with Gasteiger partial charge in [-0.2, -0.15) is 0 Å². The second-order valence-electron chi connectivity index (χ2n) is 7.25. The van der Waals surface area contributed by atoms with Gasteiger partial charge in [0.25, 0.3) is 0 Å². The molecule has 0 aromatic heterocycles. The molecule has 8 heteroatoms. The number of thioether (sulfide) groups is 1. The molecule has 2 aliphatic rings. The van der Waals surface area contributed by atoms with Gasteiger partial charge in [-0.3, -0.25) is 14.5 Å². The van der Waals surface area contributed by atoms with Crippen LogP contribution in [0, 0.1) is 5.82 Å². The Hall–Kier alpha value is -3.65. The van der Waals surface area contributed by atoms with E-state index in [-0.39, 0.29) is 12.5 Å². The van der Waals surface area contributed by atoms with Gasteiger partial charge in [0.1, 0.15) is 23.4 Å². The third-order valence-corrected chi connectivity index (χ3v) is 6.21. The van der Waals surface area contributed by atoms with Gasteiger partial charge in [0.05, 0.1) is 12.2 Å². The minimum Gasteiger partial charge on any atom is -0.492 e. The number of nitrogens with one attached hydrogen (secondary N) is 1. The first-order valence-electron chi connectivity index (χ1n) is 10.4. The number of para-hydroxylation sites is 1. The minimum absolute atomic E-state index is 0.122. The number of carbonyl (C=O) groups is 2. The van der Waals surface area contributed by atoms with Gasteiger partial charge in [-0.15, -0.1) is 0 Å². The average Bonchev–Trinajstić information content (AvgIpc) is 2.97. The summed E-state index contributed by atoms with van der Waals surface area (Å²) in [6, 6.07) is 15.3. The maximum absolute atomic E-state index is 13.7. The SMILES string of the molecule is O=CNC1=CC=C(C2SC(=Nc3cccc(F)c3)N(CCOc3ccccc3)C2=O)C=CC1. The van der Waals surface area contributed by atoms with Gasteiger partial charge in [0.15, 0.2) is 5.17 Å². The van der Waals surface area contributed by atoms with Crippen LogP contribution in [-0.4, -0.2) is 40.8 Å². The zero-order valence-electron chi connectivity index (χ0n) is 17.7. The molecule has 4 rings (SSSR count). The second kappa shape index (κ2) is 10.8. The zero-order chi connectivity index (χ0) is 23.0. The van der Waals surface area contributed by atoms with Crippen LogP contribution in [0.5, 0.6) is 5.75 Å². The number of halogens is 1. The molecule has 168 valence electrons. The second-order valence-corrected chi connectivity index (χ2v) is 8.32. The highest BCUT2D eigenvalue weighted by molar-refractivity contribution is 8.15. The molecule has 1 N–H and O–H groups in total. The standard InChI is InChI=1S/C25H22FN3O3S/c26-19-7-5-9-21(16-19)28-25-29(14-15-32-22-10-2-1-3-11-22)24(31)23(33-25)18-6-4-8-20(13-12-18)27-17-30/h1-7,9-13,16-17,23H,8,14-15H2,(H,27,30). The van der Waals surface area contributed by atoms with Crippen LogP contribution in [0.1, 0.15) is 6.42 Å². The summed E-state index contributed by atoms with van der Waals surface area (Å²) >= 11 is 1.31. The molecule has 6 nitrogen and oxygen atoms in total. The molecule has 2 aromatic rings. The van der Waals surface area contributed by atoms with E-state index in [0.717, 1.165) is 11.3 Å². The summed E-state index contributed by atoms with van der Waals surface area (Å²) in [5.41, 5.74) is 1.97. The molecule has 0 radical (unpaired) electrons. The molecule has 2 aromatic carbocycles. The fourth-order valence-corrected chi connectivity index (χ4v) is 4.58. The van der Waals surface area contributed by atoms with E-state index in [1.165, 1.54) is 23.9 Å². The molecule has 0 spiro atoms. The molecule has 2 amide bonds. The van der Waals surface area contributed by atoms with Crippen LogP contribution in [0.25, 0.3) is 0 Å². The summed E-state index contributed by atoms with van der Waals surface area (Å²) < 4.78 is 19.5. The summed E-state index contributed by atoms with van der Waals surface area (Å²) in [5.74, 6) is 0.200. The van der Waals surface area contributed by atoms with Gasteiger partial charge < -0.3 is 10.1 Å². The average molecular weight is 464 g/mol. The van der Waals surface area contributed by atoms with Crippen LogP contribution >= 0.6 is 11.8 Å². The third-order valence-electron chi connectivity index (χ3n) is 4.98. The Morgan fingerprint density at radius 2 is 2.03 bits per heavy atom. The van der Waals surface area contributed by atoms with Gasteiger partial charge in [-0.25, -0.2) is 9.38 Å². The molecule has 1 aliphatic carbocycles. The van der Waals surface area contributed by atoms with Gasteiger partial charge in [0.2, 0.25) is 12.3 Å². The van der Waals surface area contributed by atoms with Gasteiger partial charge in [0, 0.05) is 12.1 Å². The fourth-order valence-electron chi connectivity index (χ4n) is 3.39. The molecule has 1 saturated heterocycles. The van der Waals surface area contributed by atoms with Crippen LogP contribution < -0.4 is 10.1 Å². The molecule has 0 bridgehead atoms. The number of ether oxygens (including phenoxy) is 1. The van der Waals surface area contributed by atoms with Crippen LogP contribution in [0.2, 0.25) is 0 Å². The molecule has 1 heterocycles. The quantitative estimate of drug-likeness (QED) is 0.591. The van der Waals surface area contributed by atoms with E-state index in [4.69, 9.17) is 4.74 Å². The molecular formula is C25H22FN3O3S. The smallest absolute Gasteiger partial charge is 0.246 e. The van der Waals surface area contributed by atoms with Crippen molar-refractivity contribution >= 4 is 34.9 Å². The fraction of sp³-hybridized carbons (Fsp3) is 0.160. The van der Waals surface area contributed by atoms with Crippen LogP contribution in [0.4, 0.5) is 10.1 Å². The third kappa shape index (κ3) is 5.78. The molecule has 0 saturated carbocycles. The van der Waals surface area contributed by atoms with Crippen molar-refractivity contribution in [1.29, 1.82) is 0 Å². The predicted molar refractivity (Wildman–Crippen MR) is 128 cm³/mol. The summed E-state index contributed by atoms with van der Waals surface area (Å²) in [6.07, 6.45) is 8.60. The lowest BCUT2D eigenvalue weighted by atomic mass is 10.1. The number of amides is 2. The van der Waals surface area contributed by atoms with Crippen molar-refractivity contribution in [2.24, 2.45) is 4.99 Å². The topological polar surface area (TPSA) is 71.0 Å². The Morgan fingerprint density at radius 1 is 1.18 bits per heavy atom. The maximum Gasteiger partial charge on any atom is 0.246 e. The van der Waals surface area contributed by atoms with Crippen molar-refractivity contribution in [2.75, 3.05) is 13.2 Å². The van der Waals surface area contributed by atoms with E-state index in [1.807, 2.05) is 48.6 Å². The Balaban J connectivity index is 1.57. The van der Waals surface area contributed by atoms with Crippen molar-refractivity contribution in [3.8, 4) is 5.75 Å². The highest BCUT2D eigenvalue weighted by atomic mass is 32.2. The molecule has 1 unspecified atom stereocenters. The van der Waals surface area contributed by atoms with Crippen molar-refractivity contribution < 1.29 is 18.7 Å². The lowest BCUT2D eigenvalue weighted by molar-refractivity contribution is -0.125. The van der Waals surface area contributed by atoms with Crippen molar-refractivity contribution in [2.45, 2.75) is 11.7 Å². The van der Waals surface area contributed by atoms with E-state index in [1.54, 1.807) is 23.1 Å². The summed E-state index contributed by atoms with van der Waals surface area (Å²) in [7, 11) is 0. The molecule has 1 atom stereocenters. The Bertz CT molecular complexity index is 1140. The van der Waals surface area contributed by atoms with Gasteiger partial charge in [-0.1, -0.05) is 54.3 Å². The van der Waals surface area contributed by atoms with Crippen molar-refractivity contribution in [1.82, 2.24) is 10.2 Å². The van der Waals surface area contributed by atoms with E-state index < -0.39 is 11.1 Å².